The van der Waals surface area contributed by atoms with Crippen LogP contribution in [0.15, 0.2) is 0 Å². The van der Waals surface area contributed by atoms with Gasteiger partial charge in [0.05, 0.1) is 19.8 Å². The summed E-state index contributed by atoms with van der Waals surface area (Å²) in [6.45, 7) is -0.968. The molecule has 4 aliphatic heterocycles. The van der Waals surface area contributed by atoms with Crippen molar-refractivity contribution >= 4 is 5.97 Å². The fourth-order valence-corrected chi connectivity index (χ4v) is 5.43. The summed E-state index contributed by atoms with van der Waals surface area (Å²) in [5, 5.41) is 117. The molecule has 23 heteroatoms. The molecule has 0 amide bonds. The van der Waals surface area contributed by atoms with E-state index < -0.39 is 149 Å². The summed E-state index contributed by atoms with van der Waals surface area (Å²) >= 11 is 0. The number of methoxy groups -OCH3 is 1. The molecule has 21 nitrogen and oxygen atoms in total. The van der Waals surface area contributed by atoms with Gasteiger partial charge < -0.3 is 99.2 Å². The summed E-state index contributed by atoms with van der Waals surface area (Å²) in [6.07, 6.45) is -33.1. The summed E-state index contributed by atoms with van der Waals surface area (Å²) in [5.41, 5.74) is 0. The number of aliphatic hydroxyl groups is 12. The fourth-order valence-electron chi connectivity index (χ4n) is 5.43. The van der Waals surface area contributed by atoms with Gasteiger partial charge in [0, 0.05) is 14.0 Å². The Kier molecular flexibility index (Phi) is 16.4. The second-order valence-electron chi connectivity index (χ2n) is 11.9. The first-order valence-corrected chi connectivity index (χ1v) is 15.3. The standard InChI is InChI=1S/C14H23FO11.C13H23FO10/c1-4(17)23-3-6-7(18)8(19)11(22)14(25-6)26-12-5(2-16)24-13(15)10(21)9(12)20;1-21-3-5-6(16)7(17)10(20)13(23-5)24-11-4(2-15)22-12(14)9(19)8(11)18/h5-14,16,18-22H,2-3H2,1H3;4-13,15-20H,2-3H2,1H3/t5?,6?,7-,8+,9-,10?,11?,12-,13+,14-;4?,5?,6-,7+,8-,9?,10?,11-,12+,13-/m11/s1. The summed E-state index contributed by atoms with van der Waals surface area (Å²) in [7, 11) is 1.33. The van der Waals surface area contributed by atoms with E-state index in [1.807, 2.05) is 0 Å². The Labute approximate surface area is 282 Å². The van der Waals surface area contributed by atoms with Gasteiger partial charge in [-0.25, -0.2) is 8.78 Å². The van der Waals surface area contributed by atoms with Crippen LogP contribution < -0.4 is 0 Å². The lowest BCUT2D eigenvalue weighted by Crippen LogP contribution is -2.64. The highest BCUT2D eigenvalue weighted by molar-refractivity contribution is 5.65. The van der Waals surface area contributed by atoms with Crippen LogP contribution in [0.25, 0.3) is 0 Å². The largest absolute Gasteiger partial charge is 0.463 e. The monoisotopic (exact) mass is 744 g/mol. The normalized spacial score (nSPS) is 48.3. The van der Waals surface area contributed by atoms with Crippen molar-refractivity contribution in [3.63, 3.8) is 0 Å². The number of carbonyl (C=O) groups is 1. The Morgan fingerprint density at radius 3 is 1.26 bits per heavy atom. The maximum absolute atomic E-state index is 13.4. The van der Waals surface area contributed by atoms with E-state index in [4.69, 9.17) is 37.9 Å². The van der Waals surface area contributed by atoms with Crippen LogP contribution in [0.3, 0.4) is 0 Å². The van der Waals surface area contributed by atoms with E-state index in [1.54, 1.807) is 0 Å². The van der Waals surface area contributed by atoms with Crippen LogP contribution in [0.5, 0.6) is 0 Å². The lowest BCUT2D eigenvalue weighted by Gasteiger charge is -2.45. The molecule has 0 aromatic heterocycles. The topological polar surface area (TPSA) is 334 Å². The maximum Gasteiger partial charge on any atom is 0.302 e. The first kappa shape index (κ1) is 43.0. The van der Waals surface area contributed by atoms with E-state index in [9.17, 15) is 74.9 Å². The number of hydrogen-bond donors (Lipinski definition) is 12. The average molecular weight is 745 g/mol. The van der Waals surface area contributed by atoms with E-state index in [1.165, 1.54) is 7.11 Å². The van der Waals surface area contributed by atoms with Gasteiger partial charge in [-0.05, 0) is 0 Å². The second kappa shape index (κ2) is 19.1. The van der Waals surface area contributed by atoms with Gasteiger partial charge in [0.1, 0.15) is 104 Å². The smallest absolute Gasteiger partial charge is 0.302 e. The maximum atomic E-state index is 13.4. The quantitative estimate of drug-likeness (QED) is 0.0924. The minimum Gasteiger partial charge on any atom is -0.463 e. The van der Waals surface area contributed by atoms with Crippen molar-refractivity contribution in [3.05, 3.63) is 0 Å². The van der Waals surface area contributed by atoms with Gasteiger partial charge in [-0.15, -0.1) is 0 Å². The third kappa shape index (κ3) is 9.95. The van der Waals surface area contributed by atoms with Crippen molar-refractivity contribution in [3.8, 4) is 0 Å². The summed E-state index contributed by atoms with van der Waals surface area (Å²) in [5.74, 6) is -0.674. The Morgan fingerprint density at radius 2 is 0.920 bits per heavy atom. The zero-order chi connectivity index (χ0) is 37.6. The van der Waals surface area contributed by atoms with E-state index in [2.05, 4.69) is 0 Å². The van der Waals surface area contributed by atoms with Crippen LogP contribution in [0.4, 0.5) is 8.78 Å². The molecule has 4 saturated heterocycles. The minimum absolute atomic E-state index is 0.118. The molecule has 4 fully saturated rings. The third-order valence-electron chi connectivity index (χ3n) is 8.31. The molecule has 4 heterocycles. The second-order valence-corrected chi connectivity index (χ2v) is 11.9. The van der Waals surface area contributed by atoms with Crippen molar-refractivity contribution in [2.45, 2.75) is 130 Å². The fraction of sp³-hybridized carbons (Fsp3) is 0.963. The van der Waals surface area contributed by atoms with Crippen molar-refractivity contribution in [1.29, 1.82) is 0 Å². The third-order valence-corrected chi connectivity index (χ3v) is 8.31. The molecule has 0 bridgehead atoms. The lowest BCUT2D eigenvalue weighted by atomic mass is 9.97. The van der Waals surface area contributed by atoms with Crippen molar-refractivity contribution in [2.24, 2.45) is 0 Å². The number of rotatable bonds is 10. The van der Waals surface area contributed by atoms with E-state index in [-0.39, 0.29) is 6.61 Å². The number of carbonyl (C=O) groups excluding carboxylic acids is 1. The van der Waals surface area contributed by atoms with Crippen LogP contribution in [0, 0.1) is 0 Å². The van der Waals surface area contributed by atoms with Crippen LogP contribution in [-0.4, -0.2) is 224 Å². The highest BCUT2D eigenvalue weighted by Crippen LogP contribution is 2.31. The number of esters is 1. The molecule has 4 aliphatic rings. The highest BCUT2D eigenvalue weighted by Gasteiger charge is 2.52. The summed E-state index contributed by atoms with van der Waals surface area (Å²) in [6, 6.07) is 0. The molecule has 0 aliphatic carbocycles. The van der Waals surface area contributed by atoms with Gasteiger partial charge in [0.25, 0.3) is 0 Å². The molecule has 20 atom stereocenters. The summed E-state index contributed by atoms with van der Waals surface area (Å²) in [4.78, 5) is 10.9. The van der Waals surface area contributed by atoms with Gasteiger partial charge in [-0.2, -0.15) is 0 Å². The molecule has 0 aromatic rings. The predicted molar refractivity (Wildman–Crippen MR) is 149 cm³/mol. The molecule has 8 unspecified atom stereocenters. The van der Waals surface area contributed by atoms with Gasteiger partial charge in [0.2, 0.25) is 12.7 Å². The molecule has 294 valence electrons. The first-order valence-electron chi connectivity index (χ1n) is 15.3. The average Bonchev–Trinajstić information content (AvgIpc) is 3.09. The minimum atomic E-state index is -2.26. The number of alkyl halides is 2. The number of ether oxygens (including phenoxy) is 8. The van der Waals surface area contributed by atoms with Crippen LogP contribution >= 0.6 is 0 Å². The number of halogens is 2. The van der Waals surface area contributed by atoms with E-state index >= 15 is 0 Å². The van der Waals surface area contributed by atoms with Gasteiger partial charge >= 0.3 is 5.97 Å². The predicted octanol–water partition coefficient (Wildman–Crippen LogP) is -7.62. The molecule has 0 spiro atoms. The van der Waals surface area contributed by atoms with Crippen LogP contribution in [0.2, 0.25) is 0 Å². The van der Waals surface area contributed by atoms with E-state index in [0.717, 1.165) is 6.92 Å². The summed E-state index contributed by atoms with van der Waals surface area (Å²) < 4.78 is 66.9. The Hall–Kier alpha value is -1.43. The Morgan fingerprint density at radius 1 is 0.540 bits per heavy atom. The first-order chi connectivity index (χ1) is 23.5. The van der Waals surface area contributed by atoms with Crippen molar-refractivity contribution in [1.82, 2.24) is 0 Å². The van der Waals surface area contributed by atoms with E-state index in [0.29, 0.717) is 0 Å². The molecule has 0 radical (unpaired) electrons. The van der Waals surface area contributed by atoms with Crippen molar-refractivity contribution in [2.75, 3.05) is 33.5 Å². The van der Waals surface area contributed by atoms with Gasteiger partial charge in [-0.1, -0.05) is 0 Å². The molecule has 0 aromatic carbocycles. The molecular formula is C27H46F2O21. The van der Waals surface area contributed by atoms with Crippen molar-refractivity contribution < 1.29 is 113 Å². The lowest BCUT2D eigenvalue weighted by molar-refractivity contribution is -0.349. The zero-order valence-electron chi connectivity index (χ0n) is 26.7. The Balaban J connectivity index is 0.000000271. The Bertz CT molecular complexity index is 1030. The van der Waals surface area contributed by atoms with Crippen LogP contribution in [-0.2, 0) is 42.7 Å². The number of hydrogen-bond acceptors (Lipinski definition) is 21. The van der Waals surface area contributed by atoms with Crippen LogP contribution in [0.1, 0.15) is 6.92 Å². The SMILES string of the molecule is CC(=O)OCC1O[C@H](O[C@@H]2C(CO)O[C@H](F)C(O)[C@H]2O)C(O)[C@@H](O)[C@@H]1O.COCC1O[C@H](O[C@@H]2C(CO)O[C@H](F)C(O)[C@H]2O)C(O)[C@@H](O)[C@@H]1O. The zero-order valence-corrected chi connectivity index (χ0v) is 26.7. The van der Waals surface area contributed by atoms with Gasteiger partial charge in [0.15, 0.2) is 12.6 Å². The highest BCUT2D eigenvalue weighted by atomic mass is 19.2. The molecular weight excluding hydrogens is 698 g/mol. The molecule has 12 N–H and O–H groups in total. The molecule has 4 rings (SSSR count). The number of aliphatic hydroxyl groups excluding tert-OH is 12. The molecule has 0 saturated carbocycles. The molecule has 50 heavy (non-hydrogen) atoms. The van der Waals surface area contributed by atoms with Gasteiger partial charge in [-0.3, -0.25) is 4.79 Å².